The molecule has 2 aromatic carbocycles. The van der Waals surface area contributed by atoms with Gasteiger partial charge >= 0.3 is 0 Å². The van der Waals surface area contributed by atoms with Crippen LogP contribution in [0.2, 0.25) is 10.0 Å². The number of anilines is 2. The highest BCUT2D eigenvalue weighted by Crippen LogP contribution is 2.28. The minimum Gasteiger partial charge on any atom is -0.354 e. The van der Waals surface area contributed by atoms with Crippen LogP contribution in [0.3, 0.4) is 0 Å². The van der Waals surface area contributed by atoms with Gasteiger partial charge in [0.2, 0.25) is 0 Å². The number of hydrogen-bond acceptors (Lipinski definition) is 1. The lowest BCUT2D eigenvalue weighted by Gasteiger charge is -2.08. The Morgan fingerprint density at radius 1 is 0.938 bits per heavy atom. The second kappa shape index (κ2) is 5.09. The molecule has 0 fully saturated rings. The van der Waals surface area contributed by atoms with E-state index in [1.54, 1.807) is 0 Å². The molecule has 4 heteroatoms. The van der Waals surface area contributed by atoms with Gasteiger partial charge in [-0.2, -0.15) is 0 Å². The van der Waals surface area contributed by atoms with Crippen LogP contribution in [0.1, 0.15) is 0 Å². The molecule has 16 heavy (non-hydrogen) atoms. The summed E-state index contributed by atoms with van der Waals surface area (Å²) in [4.78, 5) is 0. The Hall–Kier alpha value is -0.700. The average molecular weight is 317 g/mol. The van der Waals surface area contributed by atoms with E-state index in [2.05, 4.69) is 21.2 Å². The van der Waals surface area contributed by atoms with E-state index in [-0.39, 0.29) is 0 Å². The molecule has 0 bridgehead atoms. The maximum atomic E-state index is 6.07. The molecule has 0 aromatic heterocycles. The molecule has 0 atom stereocenters. The van der Waals surface area contributed by atoms with Crippen molar-refractivity contribution in [3.63, 3.8) is 0 Å². The van der Waals surface area contributed by atoms with Crippen LogP contribution in [-0.4, -0.2) is 0 Å². The molecule has 0 radical (unpaired) electrons. The van der Waals surface area contributed by atoms with Crippen LogP contribution < -0.4 is 5.32 Å². The van der Waals surface area contributed by atoms with E-state index >= 15 is 0 Å². The molecule has 2 aromatic rings. The topological polar surface area (TPSA) is 12.0 Å². The van der Waals surface area contributed by atoms with Gasteiger partial charge < -0.3 is 5.32 Å². The summed E-state index contributed by atoms with van der Waals surface area (Å²) in [5, 5.41) is 4.61. The maximum Gasteiger partial charge on any atom is 0.0641 e. The lowest BCUT2D eigenvalue weighted by atomic mass is 10.2. The first kappa shape index (κ1) is 11.8. The van der Waals surface area contributed by atoms with Gasteiger partial charge in [0.05, 0.1) is 10.7 Å². The summed E-state index contributed by atoms with van der Waals surface area (Å²) in [7, 11) is 0. The molecule has 0 amide bonds. The quantitative estimate of drug-likeness (QED) is 0.771. The minimum absolute atomic E-state index is 0.679. The highest BCUT2D eigenvalue weighted by molar-refractivity contribution is 9.10. The zero-order chi connectivity index (χ0) is 11.5. The van der Waals surface area contributed by atoms with Gasteiger partial charge in [0.25, 0.3) is 0 Å². The van der Waals surface area contributed by atoms with E-state index in [1.807, 2.05) is 42.5 Å². The van der Waals surface area contributed by atoms with Gasteiger partial charge in [0.15, 0.2) is 0 Å². The van der Waals surface area contributed by atoms with Crippen LogP contribution in [0.4, 0.5) is 11.4 Å². The third-order valence-corrected chi connectivity index (χ3v) is 3.13. The number of rotatable bonds is 2. The summed E-state index contributed by atoms with van der Waals surface area (Å²) in [6, 6.07) is 13.1. The van der Waals surface area contributed by atoms with Crippen LogP contribution in [0.5, 0.6) is 0 Å². The number of benzene rings is 2. The summed E-state index contributed by atoms with van der Waals surface area (Å²) < 4.78 is 0.980. The van der Waals surface area contributed by atoms with Crippen molar-refractivity contribution in [2.45, 2.75) is 0 Å². The van der Waals surface area contributed by atoms with E-state index in [0.29, 0.717) is 10.0 Å². The highest BCUT2D eigenvalue weighted by Gasteiger charge is 2.01. The smallest absolute Gasteiger partial charge is 0.0641 e. The van der Waals surface area contributed by atoms with Gasteiger partial charge in [0.1, 0.15) is 0 Å². The van der Waals surface area contributed by atoms with E-state index in [1.165, 1.54) is 0 Å². The first-order valence-corrected chi connectivity index (χ1v) is 6.18. The zero-order valence-electron chi connectivity index (χ0n) is 8.18. The van der Waals surface area contributed by atoms with Crippen LogP contribution in [-0.2, 0) is 0 Å². The first-order valence-electron chi connectivity index (χ1n) is 4.63. The zero-order valence-corrected chi connectivity index (χ0v) is 11.3. The van der Waals surface area contributed by atoms with Gasteiger partial charge in [0, 0.05) is 15.2 Å². The Bertz CT molecular complexity index is 497. The summed E-state index contributed by atoms with van der Waals surface area (Å²) in [6.45, 7) is 0. The normalized spacial score (nSPS) is 10.2. The van der Waals surface area contributed by atoms with E-state index in [9.17, 15) is 0 Å². The van der Waals surface area contributed by atoms with Gasteiger partial charge in [-0.15, -0.1) is 0 Å². The van der Waals surface area contributed by atoms with Crippen molar-refractivity contribution in [3.05, 3.63) is 57.0 Å². The lowest BCUT2D eigenvalue weighted by molar-refractivity contribution is 1.53. The molecule has 82 valence electrons. The predicted octanol–water partition coefficient (Wildman–Crippen LogP) is 5.50. The Balaban J connectivity index is 2.26. The molecule has 1 N–H and O–H groups in total. The summed E-state index contributed by atoms with van der Waals surface area (Å²) in [5.41, 5.74) is 1.81. The third kappa shape index (κ3) is 2.91. The second-order valence-corrected chi connectivity index (χ2v) is 5.02. The molecule has 0 unspecified atom stereocenters. The van der Waals surface area contributed by atoms with Crippen molar-refractivity contribution in [2.75, 3.05) is 5.32 Å². The van der Waals surface area contributed by atoms with Gasteiger partial charge in [-0.3, -0.25) is 0 Å². The maximum absolute atomic E-state index is 6.07. The number of halogens is 3. The molecular formula is C12H8BrCl2N. The van der Waals surface area contributed by atoms with Crippen molar-refractivity contribution >= 4 is 50.5 Å². The van der Waals surface area contributed by atoms with Gasteiger partial charge in [-0.05, 0) is 42.5 Å². The number of nitrogens with one attached hydrogen (secondary N) is 1. The standard InChI is InChI=1S/C12H8BrCl2N/c13-8-1-6-11(15)12(7-8)16-10-4-2-9(14)3-5-10/h1-7,16H. The monoisotopic (exact) mass is 315 g/mol. The van der Waals surface area contributed by atoms with Crippen molar-refractivity contribution in [1.82, 2.24) is 0 Å². The average Bonchev–Trinajstić information content (AvgIpc) is 2.27. The summed E-state index contributed by atoms with van der Waals surface area (Å²) >= 11 is 15.3. The minimum atomic E-state index is 0.679. The predicted molar refractivity (Wildman–Crippen MR) is 73.9 cm³/mol. The van der Waals surface area contributed by atoms with E-state index in [0.717, 1.165) is 15.8 Å². The molecule has 0 heterocycles. The molecule has 0 spiro atoms. The molecular weight excluding hydrogens is 309 g/mol. The van der Waals surface area contributed by atoms with E-state index < -0.39 is 0 Å². The van der Waals surface area contributed by atoms with Crippen LogP contribution in [0.25, 0.3) is 0 Å². The third-order valence-electron chi connectivity index (χ3n) is 2.05. The molecule has 0 saturated heterocycles. The fraction of sp³-hybridized carbons (Fsp3) is 0. The SMILES string of the molecule is Clc1ccc(Nc2cc(Br)ccc2Cl)cc1. The van der Waals surface area contributed by atoms with Gasteiger partial charge in [-0.1, -0.05) is 39.1 Å². The highest BCUT2D eigenvalue weighted by atomic mass is 79.9. The summed E-state index contributed by atoms with van der Waals surface area (Å²) in [6.07, 6.45) is 0. The largest absolute Gasteiger partial charge is 0.354 e. The molecule has 0 aliphatic carbocycles. The Morgan fingerprint density at radius 2 is 1.62 bits per heavy atom. The fourth-order valence-electron chi connectivity index (χ4n) is 1.28. The molecule has 1 nitrogen and oxygen atoms in total. The van der Waals surface area contributed by atoms with Crippen molar-refractivity contribution in [2.24, 2.45) is 0 Å². The van der Waals surface area contributed by atoms with Crippen LogP contribution in [0, 0.1) is 0 Å². The second-order valence-electron chi connectivity index (χ2n) is 3.26. The van der Waals surface area contributed by atoms with E-state index in [4.69, 9.17) is 23.2 Å². The van der Waals surface area contributed by atoms with Gasteiger partial charge in [-0.25, -0.2) is 0 Å². The Morgan fingerprint density at radius 3 is 2.31 bits per heavy atom. The first-order chi connectivity index (χ1) is 7.65. The lowest BCUT2D eigenvalue weighted by Crippen LogP contribution is -1.90. The molecule has 2 rings (SSSR count). The fourth-order valence-corrected chi connectivity index (χ4v) is 1.93. The summed E-state index contributed by atoms with van der Waals surface area (Å²) in [5.74, 6) is 0. The molecule has 0 saturated carbocycles. The number of hydrogen-bond donors (Lipinski definition) is 1. The molecule has 0 aliphatic heterocycles. The van der Waals surface area contributed by atoms with Crippen LogP contribution >= 0.6 is 39.1 Å². The van der Waals surface area contributed by atoms with Crippen molar-refractivity contribution in [1.29, 1.82) is 0 Å². The molecule has 0 aliphatic rings. The Labute approximate surface area is 113 Å². The Kier molecular flexibility index (Phi) is 3.74. The van der Waals surface area contributed by atoms with Crippen molar-refractivity contribution < 1.29 is 0 Å². The van der Waals surface area contributed by atoms with Crippen molar-refractivity contribution in [3.8, 4) is 0 Å². The van der Waals surface area contributed by atoms with Crippen LogP contribution in [0.15, 0.2) is 46.9 Å².